The van der Waals surface area contributed by atoms with Crippen molar-refractivity contribution in [1.82, 2.24) is 8.61 Å². The van der Waals surface area contributed by atoms with E-state index in [2.05, 4.69) is 0 Å². The minimum atomic E-state index is -4.18. The van der Waals surface area contributed by atoms with Crippen LogP contribution < -0.4 is 0 Å². The number of halogens is 1. The summed E-state index contributed by atoms with van der Waals surface area (Å²) < 4.78 is 55.5. The van der Waals surface area contributed by atoms with Crippen LogP contribution in [0.3, 0.4) is 0 Å². The molecule has 4 rings (SSSR count). The molecule has 0 aromatic heterocycles. The molecule has 0 N–H and O–H groups in total. The van der Waals surface area contributed by atoms with Gasteiger partial charge in [0.2, 0.25) is 10.0 Å². The summed E-state index contributed by atoms with van der Waals surface area (Å²) in [5, 5.41) is 0.407. The second-order valence-corrected chi connectivity index (χ2v) is 12.3. The normalized spacial score (nSPS) is 17.7. The largest absolute Gasteiger partial charge is 0.272 e. The zero-order chi connectivity index (χ0) is 24.7. The molecule has 1 atom stereocenters. The second kappa shape index (κ2) is 9.14. The minimum absolute atomic E-state index is 0.0275. The summed E-state index contributed by atoms with van der Waals surface area (Å²) in [6.45, 7) is 3.17. The SMILES string of the molecule is Cc1ccc(S(=O)(=O)N2CCN(S(=O)(=O)c3ccc(C)cc3)C(c3ccc(Cl)cc3)C2=O)cc1. The van der Waals surface area contributed by atoms with Crippen molar-refractivity contribution in [3.63, 3.8) is 0 Å². The maximum Gasteiger partial charge on any atom is 0.266 e. The summed E-state index contributed by atoms with van der Waals surface area (Å²) >= 11 is 5.99. The number of carbonyl (C=O) groups is 1. The average molecular weight is 519 g/mol. The number of aryl methyl sites for hydroxylation is 2. The third kappa shape index (κ3) is 4.48. The highest BCUT2D eigenvalue weighted by Crippen LogP contribution is 2.35. The van der Waals surface area contributed by atoms with E-state index < -0.39 is 32.0 Å². The lowest BCUT2D eigenvalue weighted by atomic mass is 10.0. The average Bonchev–Trinajstić information content (AvgIpc) is 2.80. The molecule has 10 heteroatoms. The molecule has 3 aromatic rings. The first-order valence-corrected chi connectivity index (χ1v) is 13.7. The lowest BCUT2D eigenvalue weighted by Gasteiger charge is -2.39. The number of hydrogen-bond acceptors (Lipinski definition) is 5. The summed E-state index contributed by atoms with van der Waals surface area (Å²) in [6.07, 6.45) is 0. The van der Waals surface area contributed by atoms with Gasteiger partial charge in [0.15, 0.2) is 0 Å². The molecule has 1 fully saturated rings. The highest BCUT2D eigenvalue weighted by Gasteiger charge is 2.46. The Labute approximate surface area is 204 Å². The molecular formula is C24H23ClN2O5S2. The molecule has 178 valence electrons. The van der Waals surface area contributed by atoms with Crippen molar-refractivity contribution >= 4 is 37.6 Å². The molecule has 1 aliphatic heterocycles. The van der Waals surface area contributed by atoms with Crippen molar-refractivity contribution in [2.24, 2.45) is 0 Å². The summed E-state index contributed by atoms with van der Waals surface area (Å²) in [6, 6.07) is 17.2. The number of piperazine rings is 1. The molecule has 1 unspecified atom stereocenters. The smallest absolute Gasteiger partial charge is 0.266 e. The van der Waals surface area contributed by atoms with E-state index >= 15 is 0 Å². The van der Waals surface area contributed by atoms with Crippen molar-refractivity contribution in [3.8, 4) is 0 Å². The molecule has 0 radical (unpaired) electrons. The Kier molecular flexibility index (Phi) is 6.56. The van der Waals surface area contributed by atoms with E-state index in [-0.39, 0.29) is 22.9 Å². The Morgan fingerprint density at radius 1 is 0.706 bits per heavy atom. The molecule has 0 spiro atoms. The molecular weight excluding hydrogens is 496 g/mol. The van der Waals surface area contributed by atoms with Gasteiger partial charge in [-0.05, 0) is 55.8 Å². The molecule has 34 heavy (non-hydrogen) atoms. The molecule has 0 saturated carbocycles. The second-order valence-electron chi connectivity index (χ2n) is 8.11. The van der Waals surface area contributed by atoms with Crippen molar-refractivity contribution in [1.29, 1.82) is 0 Å². The quantitative estimate of drug-likeness (QED) is 0.510. The van der Waals surface area contributed by atoms with Gasteiger partial charge in [0, 0.05) is 11.6 Å². The molecule has 0 aliphatic carbocycles. The first-order valence-electron chi connectivity index (χ1n) is 10.5. The highest BCUT2D eigenvalue weighted by atomic mass is 35.5. The molecule has 0 bridgehead atoms. The van der Waals surface area contributed by atoms with Crippen LogP contribution in [0.15, 0.2) is 82.6 Å². The summed E-state index contributed by atoms with van der Waals surface area (Å²) in [5.74, 6) is -0.843. The van der Waals surface area contributed by atoms with Gasteiger partial charge in [-0.25, -0.2) is 21.1 Å². The maximum absolute atomic E-state index is 13.6. The van der Waals surface area contributed by atoms with E-state index in [4.69, 9.17) is 11.6 Å². The van der Waals surface area contributed by atoms with Gasteiger partial charge < -0.3 is 0 Å². The lowest BCUT2D eigenvalue weighted by molar-refractivity contribution is -0.133. The van der Waals surface area contributed by atoms with Crippen LogP contribution in [0.4, 0.5) is 0 Å². The first-order chi connectivity index (χ1) is 16.0. The Bertz CT molecular complexity index is 1420. The zero-order valence-electron chi connectivity index (χ0n) is 18.5. The van der Waals surface area contributed by atoms with Crippen LogP contribution in [0.25, 0.3) is 0 Å². The number of rotatable bonds is 5. The van der Waals surface area contributed by atoms with E-state index in [1.54, 1.807) is 24.3 Å². The number of carbonyl (C=O) groups excluding carboxylic acids is 1. The molecule has 1 heterocycles. The van der Waals surface area contributed by atoms with Crippen LogP contribution in [-0.4, -0.2) is 44.4 Å². The molecule has 1 aliphatic rings. The fraction of sp³-hybridized carbons (Fsp3) is 0.208. The lowest BCUT2D eigenvalue weighted by Crippen LogP contribution is -2.55. The fourth-order valence-electron chi connectivity index (χ4n) is 3.82. The van der Waals surface area contributed by atoms with Crippen LogP contribution in [-0.2, 0) is 24.8 Å². The highest BCUT2D eigenvalue weighted by molar-refractivity contribution is 7.90. The van der Waals surface area contributed by atoms with Crippen molar-refractivity contribution in [3.05, 3.63) is 94.5 Å². The topological polar surface area (TPSA) is 91.8 Å². The number of hydrogen-bond donors (Lipinski definition) is 0. The molecule has 3 aromatic carbocycles. The third-order valence-corrected chi connectivity index (χ3v) is 9.65. The zero-order valence-corrected chi connectivity index (χ0v) is 20.9. The predicted octanol–water partition coefficient (Wildman–Crippen LogP) is 3.92. The predicted molar refractivity (Wildman–Crippen MR) is 129 cm³/mol. The Balaban J connectivity index is 1.80. The van der Waals surface area contributed by atoms with Crippen molar-refractivity contribution in [2.45, 2.75) is 29.7 Å². The Hall–Kier alpha value is -2.72. The molecule has 7 nitrogen and oxygen atoms in total. The van der Waals surface area contributed by atoms with E-state index in [1.165, 1.54) is 48.5 Å². The Morgan fingerprint density at radius 3 is 1.68 bits per heavy atom. The fourth-order valence-corrected chi connectivity index (χ4v) is 6.90. The number of benzene rings is 3. The van der Waals surface area contributed by atoms with Crippen molar-refractivity contribution in [2.75, 3.05) is 13.1 Å². The van der Waals surface area contributed by atoms with Gasteiger partial charge in [-0.15, -0.1) is 0 Å². The maximum atomic E-state index is 13.6. The van der Waals surface area contributed by atoms with Gasteiger partial charge in [-0.2, -0.15) is 4.31 Å². The van der Waals surface area contributed by atoms with Crippen molar-refractivity contribution < 1.29 is 21.6 Å². The number of amides is 1. The summed E-state index contributed by atoms with van der Waals surface area (Å²) in [7, 11) is -8.28. The minimum Gasteiger partial charge on any atom is -0.272 e. The first kappa shape index (κ1) is 24.4. The van der Waals surface area contributed by atoms with E-state index in [0.717, 1.165) is 19.7 Å². The van der Waals surface area contributed by atoms with E-state index in [1.807, 2.05) is 13.8 Å². The van der Waals surface area contributed by atoms with Gasteiger partial charge >= 0.3 is 0 Å². The van der Waals surface area contributed by atoms with Crippen LogP contribution in [0.2, 0.25) is 5.02 Å². The standard InChI is InChI=1S/C24H23ClN2O5S2/c1-17-3-11-21(12-4-17)33(29,30)26-15-16-27(34(31,32)22-13-5-18(2)6-14-22)24(28)23(26)19-7-9-20(25)10-8-19/h3-14,23H,15-16H2,1-2H3. The van der Waals surface area contributed by atoms with Gasteiger partial charge in [-0.3, -0.25) is 4.79 Å². The summed E-state index contributed by atoms with van der Waals surface area (Å²) in [5.41, 5.74) is 2.09. The van der Waals surface area contributed by atoms with Gasteiger partial charge in [0.1, 0.15) is 6.04 Å². The monoisotopic (exact) mass is 518 g/mol. The van der Waals surface area contributed by atoms with E-state index in [0.29, 0.717) is 10.6 Å². The van der Waals surface area contributed by atoms with Crippen LogP contribution in [0.5, 0.6) is 0 Å². The van der Waals surface area contributed by atoms with Crippen LogP contribution in [0, 0.1) is 13.8 Å². The van der Waals surface area contributed by atoms with Gasteiger partial charge in [0.25, 0.3) is 15.9 Å². The molecule has 1 saturated heterocycles. The van der Waals surface area contributed by atoms with Crippen LogP contribution in [0.1, 0.15) is 22.7 Å². The number of nitrogens with zero attached hydrogens (tertiary/aromatic N) is 2. The third-order valence-electron chi connectivity index (χ3n) is 5.71. The van der Waals surface area contributed by atoms with Crippen LogP contribution >= 0.6 is 11.6 Å². The number of sulfonamides is 2. The van der Waals surface area contributed by atoms with Gasteiger partial charge in [-0.1, -0.05) is 59.1 Å². The Morgan fingerprint density at radius 2 is 1.18 bits per heavy atom. The van der Waals surface area contributed by atoms with Gasteiger partial charge in [0.05, 0.1) is 16.3 Å². The molecule has 1 amide bonds. The van der Waals surface area contributed by atoms with E-state index in [9.17, 15) is 21.6 Å². The summed E-state index contributed by atoms with van der Waals surface area (Å²) in [4.78, 5) is 13.6.